The second-order valence-electron chi connectivity index (χ2n) is 9.16. The molecule has 1 aliphatic rings. The van der Waals surface area contributed by atoms with E-state index in [9.17, 15) is 9.59 Å². The van der Waals surface area contributed by atoms with E-state index in [1.807, 2.05) is 37.7 Å². The molecule has 0 amide bonds. The third-order valence-corrected chi connectivity index (χ3v) is 8.51. The van der Waals surface area contributed by atoms with E-state index < -0.39 is 0 Å². The zero-order valence-electron chi connectivity index (χ0n) is 19.8. The zero-order chi connectivity index (χ0) is 23.8. The lowest BCUT2D eigenvalue weighted by Crippen LogP contribution is -2.26. The Morgan fingerprint density at radius 1 is 1.18 bits per heavy atom. The molecular formula is C25H29N5O2S2. The monoisotopic (exact) mass is 495 g/mol. The molecule has 4 aromatic heterocycles. The molecule has 4 aromatic rings. The summed E-state index contributed by atoms with van der Waals surface area (Å²) in [5.74, 6) is 0.483. The summed E-state index contributed by atoms with van der Waals surface area (Å²) in [6, 6.07) is 5.39. The van der Waals surface area contributed by atoms with Crippen molar-refractivity contribution in [2.24, 2.45) is 0 Å². The molecule has 4 heterocycles. The van der Waals surface area contributed by atoms with Crippen LogP contribution in [0.5, 0.6) is 0 Å². The first-order valence-corrected chi connectivity index (χ1v) is 13.5. The lowest BCUT2D eigenvalue weighted by Gasteiger charge is -2.15. The van der Waals surface area contributed by atoms with Gasteiger partial charge in [0.25, 0.3) is 11.1 Å². The lowest BCUT2D eigenvalue weighted by atomic mass is 9.97. The number of hydrogen-bond acceptors (Lipinski definition) is 7. The predicted molar refractivity (Wildman–Crippen MR) is 139 cm³/mol. The van der Waals surface area contributed by atoms with Crippen LogP contribution in [0.25, 0.3) is 15.9 Å². The van der Waals surface area contributed by atoms with Gasteiger partial charge in [0, 0.05) is 29.4 Å². The van der Waals surface area contributed by atoms with Crippen LogP contribution in [0.2, 0.25) is 0 Å². The van der Waals surface area contributed by atoms with Crippen LogP contribution in [0.4, 0.5) is 0 Å². The van der Waals surface area contributed by atoms with Gasteiger partial charge in [0.15, 0.2) is 5.16 Å². The van der Waals surface area contributed by atoms with Gasteiger partial charge in [-0.25, -0.2) is 9.97 Å². The number of thiophene rings is 1. The average Bonchev–Trinajstić information content (AvgIpc) is 3.18. The van der Waals surface area contributed by atoms with Crippen LogP contribution >= 0.6 is 23.1 Å². The molecule has 34 heavy (non-hydrogen) atoms. The number of thioether (sulfide) groups is 1. The van der Waals surface area contributed by atoms with Crippen molar-refractivity contribution in [1.82, 2.24) is 23.8 Å². The predicted octanol–water partition coefficient (Wildman–Crippen LogP) is 3.90. The van der Waals surface area contributed by atoms with Crippen molar-refractivity contribution >= 4 is 39.0 Å². The summed E-state index contributed by atoms with van der Waals surface area (Å²) < 4.78 is 3.42. The molecule has 0 N–H and O–H groups in total. The maximum absolute atomic E-state index is 13.7. The quantitative estimate of drug-likeness (QED) is 0.286. The maximum atomic E-state index is 13.7. The average molecular weight is 496 g/mol. The van der Waals surface area contributed by atoms with Crippen LogP contribution in [0, 0.1) is 6.92 Å². The highest BCUT2D eigenvalue weighted by molar-refractivity contribution is 7.98. The minimum Gasteiger partial charge on any atom is -0.309 e. The molecule has 0 aliphatic heterocycles. The molecule has 0 saturated carbocycles. The highest BCUT2D eigenvalue weighted by Gasteiger charge is 2.22. The fourth-order valence-corrected chi connectivity index (χ4v) is 6.81. The van der Waals surface area contributed by atoms with E-state index in [0.717, 1.165) is 48.0 Å². The highest BCUT2D eigenvalue weighted by atomic mass is 32.2. The molecule has 0 radical (unpaired) electrons. The Morgan fingerprint density at radius 2 is 2.00 bits per heavy atom. The van der Waals surface area contributed by atoms with E-state index in [0.29, 0.717) is 28.8 Å². The van der Waals surface area contributed by atoms with Crippen molar-refractivity contribution in [3.05, 3.63) is 66.8 Å². The summed E-state index contributed by atoms with van der Waals surface area (Å²) in [4.78, 5) is 40.3. The number of pyridine rings is 1. The van der Waals surface area contributed by atoms with Crippen LogP contribution in [-0.4, -0.2) is 44.5 Å². The maximum Gasteiger partial charge on any atom is 0.263 e. The van der Waals surface area contributed by atoms with E-state index in [1.54, 1.807) is 28.0 Å². The Balaban J connectivity index is 1.52. The lowest BCUT2D eigenvalue weighted by molar-refractivity contribution is 0.379. The number of aryl methyl sites for hydroxylation is 3. The Hall–Kier alpha value is -2.49. The molecule has 0 unspecified atom stereocenters. The van der Waals surface area contributed by atoms with Gasteiger partial charge < -0.3 is 4.90 Å². The largest absolute Gasteiger partial charge is 0.309 e. The van der Waals surface area contributed by atoms with Gasteiger partial charge in [-0.05, 0) is 76.9 Å². The van der Waals surface area contributed by atoms with Gasteiger partial charge >= 0.3 is 0 Å². The van der Waals surface area contributed by atoms with E-state index >= 15 is 0 Å². The summed E-state index contributed by atoms with van der Waals surface area (Å²) in [7, 11) is 4.09. The van der Waals surface area contributed by atoms with E-state index in [2.05, 4.69) is 4.90 Å². The number of fused-ring (bicyclic) bond motifs is 4. The Bertz CT molecular complexity index is 1480. The summed E-state index contributed by atoms with van der Waals surface area (Å²) in [6.07, 6.45) is 6.95. The second-order valence-corrected chi connectivity index (χ2v) is 11.2. The third kappa shape index (κ3) is 4.44. The fourth-order valence-electron chi connectivity index (χ4n) is 4.59. The van der Waals surface area contributed by atoms with Crippen molar-refractivity contribution in [1.29, 1.82) is 0 Å². The standard InChI is InChI=1S/C25H29N5O2S2/c1-16-8-6-12-29-20(31)14-17(26-22(16)29)15-33-25-27-23-21(18-9-4-5-10-19(18)34-23)24(32)30(25)13-7-11-28(2)3/h6,8,12,14H,4-5,7,9-11,13,15H2,1-3H3. The van der Waals surface area contributed by atoms with Gasteiger partial charge in [-0.3, -0.25) is 18.6 Å². The van der Waals surface area contributed by atoms with E-state index in [-0.39, 0.29) is 11.1 Å². The van der Waals surface area contributed by atoms with Gasteiger partial charge in [0.1, 0.15) is 10.5 Å². The molecule has 0 saturated heterocycles. The molecule has 0 aromatic carbocycles. The van der Waals surface area contributed by atoms with Crippen molar-refractivity contribution < 1.29 is 0 Å². The Labute approximate surface area is 206 Å². The SMILES string of the molecule is Cc1cccn2c(=O)cc(CSc3nc4sc5c(c4c(=O)n3CCCN(C)C)CCCC5)nc12. The number of hydrogen-bond donors (Lipinski definition) is 0. The highest BCUT2D eigenvalue weighted by Crippen LogP contribution is 2.35. The normalized spacial score (nSPS) is 13.8. The molecule has 0 bridgehead atoms. The van der Waals surface area contributed by atoms with Gasteiger partial charge in [-0.2, -0.15) is 0 Å². The van der Waals surface area contributed by atoms with Crippen LogP contribution in [-0.2, 0) is 25.1 Å². The second kappa shape index (κ2) is 9.64. The molecule has 7 nitrogen and oxygen atoms in total. The Kier molecular flexibility index (Phi) is 6.59. The first-order chi connectivity index (χ1) is 16.4. The number of nitrogens with zero attached hydrogens (tertiary/aromatic N) is 5. The fraction of sp³-hybridized carbons (Fsp3) is 0.440. The minimum absolute atomic E-state index is 0.0769. The topological polar surface area (TPSA) is 72.5 Å². The van der Waals surface area contributed by atoms with Crippen molar-refractivity contribution in [2.75, 3.05) is 20.6 Å². The van der Waals surface area contributed by atoms with Crippen molar-refractivity contribution in [3.63, 3.8) is 0 Å². The number of aromatic nitrogens is 4. The van der Waals surface area contributed by atoms with Crippen LogP contribution in [0.15, 0.2) is 39.1 Å². The smallest absolute Gasteiger partial charge is 0.263 e. The molecule has 0 spiro atoms. The van der Waals surface area contributed by atoms with E-state index in [4.69, 9.17) is 9.97 Å². The molecular weight excluding hydrogens is 466 g/mol. The third-order valence-electron chi connectivity index (χ3n) is 6.32. The van der Waals surface area contributed by atoms with E-state index in [1.165, 1.54) is 28.6 Å². The van der Waals surface area contributed by atoms with Gasteiger partial charge in [0.05, 0.1) is 11.1 Å². The van der Waals surface area contributed by atoms with Gasteiger partial charge in [-0.15, -0.1) is 11.3 Å². The summed E-state index contributed by atoms with van der Waals surface area (Å²) >= 11 is 3.17. The molecule has 9 heteroatoms. The van der Waals surface area contributed by atoms with Gasteiger partial charge in [-0.1, -0.05) is 17.8 Å². The molecule has 5 rings (SSSR count). The minimum atomic E-state index is -0.0954. The first kappa shape index (κ1) is 23.3. The molecule has 1 aliphatic carbocycles. The summed E-state index contributed by atoms with van der Waals surface area (Å²) in [5.41, 5.74) is 3.53. The van der Waals surface area contributed by atoms with Crippen molar-refractivity contribution in [2.45, 2.75) is 56.5 Å². The van der Waals surface area contributed by atoms with Crippen molar-refractivity contribution in [3.8, 4) is 0 Å². The summed E-state index contributed by atoms with van der Waals surface area (Å²) in [5, 5.41) is 1.54. The van der Waals surface area contributed by atoms with Crippen LogP contribution in [0.1, 0.15) is 41.0 Å². The number of rotatable bonds is 7. The van der Waals surface area contributed by atoms with Gasteiger partial charge in [0.2, 0.25) is 0 Å². The first-order valence-electron chi connectivity index (χ1n) is 11.7. The molecule has 0 fully saturated rings. The zero-order valence-corrected chi connectivity index (χ0v) is 21.5. The Morgan fingerprint density at radius 3 is 2.82 bits per heavy atom. The van der Waals surface area contributed by atoms with Crippen LogP contribution in [0.3, 0.4) is 0 Å². The summed E-state index contributed by atoms with van der Waals surface area (Å²) in [6.45, 7) is 3.48. The molecule has 0 atom stereocenters. The van der Waals surface area contributed by atoms with Crippen LogP contribution < -0.4 is 11.1 Å². The molecule has 178 valence electrons.